The van der Waals surface area contributed by atoms with Gasteiger partial charge in [0.1, 0.15) is 17.3 Å². The Morgan fingerprint density at radius 2 is 2.05 bits per heavy atom. The molecular weight excluding hydrogens is 268 g/mol. The molecule has 2 N–H and O–H groups in total. The number of nitrogens with zero attached hydrogens (tertiary/aromatic N) is 1. The Labute approximate surface area is 111 Å². The summed E-state index contributed by atoms with van der Waals surface area (Å²) in [4.78, 5) is 4.05. The van der Waals surface area contributed by atoms with Crippen molar-refractivity contribution < 1.29 is 17.9 Å². The van der Waals surface area contributed by atoms with Gasteiger partial charge in [0.2, 0.25) is 10.0 Å². The van der Waals surface area contributed by atoms with Crippen molar-refractivity contribution in [3.8, 4) is 5.75 Å². The average Bonchev–Trinajstić information content (AvgIpc) is 2.37. The van der Waals surface area contributed by atoms with Crippen LogP contribution >= 0.6 is 0 Å². The minimum Gasteiger partial charge on any atom is -0.490 e. The van der Waals surface area contributed by atoms with E-state index in [9.17, 15) is 8.42 Å². The summed E-state index contributed by atoms with van der Waals surface area (Å²) >= 11 is 0. The number of nitrogens with two attached hydrogens (primary N) is 1. The number of sulfonamides is 1. The number of benzene rings is 1. The van der Waals surface area contributed by atoms with Crippen molar-refractivity contribution >= 4 is 20.9 Å². The fourth-order valence-corrected chi connectivity index (χ4v) is 2.40. The lowest BCUT2D eigenvalue weighted by molar-refractivity contribution is 0.147. The highest BCUT2D eigenvalue weighted by atomic mass is 32.2. The lowest BCUT2D eigenvalue weighted by Crippen LogP contribution is -2.13. The van der Waals surface area contributed by atoms with E-state index in [0.29, 0.717) is 29.9 Å². The minimum absolute atomic E-state index is 0.0119. The van der Waals surface area contributed by atoms with Gasteiger partial charge in [-0.1, -0.05) is 0 Å². The van der Waals surface area contributed by atoms with Gasteiger partial charge in [-0.3, -0.25) is 4.98 Å². The molecule has 0 saturated heterocycles. The first-order valence-corrected chi connectivity index (χ1v) is 7.11. The maximum atomic E-state index is 11.5. The topological polar surface area (TPSA) is 91.5 Å². The van der Waals surface area contributed by atoms with Crippen LogP contribution in [0.15, 0.2) is 35.4 Å². The van der Waals surface area contributed by atoms with Crippen LogP contribution in [0, 0.1) is 0 Å². The summed E-state index contributed by atoms with van der Waals surface area (Å²) in [6.07, 6.45) is 1.51. The van der Waals surface area contributed by atoms with E-state index in [1.165, 1.54) is 12.3 Å². The van der Waals surface area contributed by atoms with Gasteiger partial charge in [-0.25, -0.2) is 13.6 Å². The normalized spacial score (nSPS) is 11.7. The maximum Gasteiger partial charge on any atom is 0.240 e. The fraction of sp³-hybridized carbons (Fsp3) is 0.250. The Balaban J connectivity index is 2.52. The first-order chi connectivity index (χ1) is 9.04. The third-order valence-electron chi connectivity index (χ3n) is 2.54. The highest BCUT2D eigenvalue weighted by Crippen LogP contribution is 2.28. The molecule has 2 aromatic rings. The van der Waals surface area contributed by atoms with Gasteiger partial charge in [0, 0.05) is 18.7 Å². The van der Waals surface area contributed by atoms with Gasteiger partial charge < -0.3 is 9.47 Å². The smallest absolute Gasteiger partial charge is 0.240 e. The van der Waals surface area contributed by atoms with Gasteiger partial charge in [0.25, 0.3) is 0 Å². The molecule has 0 spiro atoms. The second-order valence-corrected chi connectivity index (χ2v) is 5.38. The summed E-state index contributed by atoms with van der Waals surface area (Å²) in [6, 6.07) is 6.41. The van der Waals surface area contributed by atoms with Gasteiger partial charge in [-0.2, -0.15) is 0 Å². The number of methoxy groups -OCH3 is 1. The fourth-order valence-electron chi connectivity index (χ4n) is 1.71. The zero-order chi connectivity index (χ0) is 13.9. The molecule has 1 aromatic heterocycles. The van der Waals surface area contributed by atoms with Gasteiger partial charge in [-0.15, -0.1) is 0 Å². The van der Waals surface area contributed by atoms with Crippen molar-refractivity contribution in [3.63, 3.8) is 0 Å². The molecule has 6 nitrogen and oxygen atoms in total. The molecular formula is C12H14N2O4S. The van der Waals surface area contributed by atoms with Crippen LogP contribution in [0.1, 0.15) is 0 Å². The zero-order valence-corrected chi connectivity index (χ0v) is 11.2. The number of aromatic nitrogens is 1. The molecule has 0 aliphatic carbocycles. The number of fused-ring (bicyclic) bond motifs is 1. The third-order valence-corrected chi connectivity index (χ3v) is 3.49. The number of ether oxygens (including phenoxy) is 2. The molecule has 0 fully saturated rings. The van der Waals surface area contributed by atoms with Gasteiger partial charge in [-0.05, 0) is 24.3 Å². The highest BCUT2D eigenvalue weighted by molar-refractivity contribution is 7.89. The van der Waals surface area contributed by atoms with Crippen LogP contribution in [-0.4, -0.2) is 33.7 Å². The molecule has 0 aliphatic heterocycles. The molecule has 0 saturated carbocycles. The number of rotatable bonds is 5. The highest BCUT2D eigenvalue weighted by Gasteiger charge is 2.15. The predicted octanol–water partition coefficient (Wildman–Crippen LogP) is 0.907. The first-order valence-electron chi connectivity index (χ1n) is 5.56. The van der Waals surface area contributed by atoms with Crippen molar-refractivity contribution in [2.75, 3.05) is 20.3 Å². The Kier molecular flexibility index (Phi) is 3.98. The second kappa shape index (κ2) is 5.52. The van der Waals surface area contributed by atoms with E-state index in [1.807, 2.05) is 0 Å². The number of hydrogen-bond acceptors (Lipinski definition) is 5. The number of pyridine rings is 1. The van der Waals surface area contributed by atoms with E-state index in [2.05, 4.69) is 4.98 Å². The molecule has 7 heteroatoms. The lowest BCUT2D eigenvalue weighted by Gasteiger charge is -2.10. The number of primary sulfonamides is 1. The molecule has 0 bridgehead atoms. The molecule has 0 unspecified atom stereocenters. The Morgan fingerprint density at radius 3 is 2.74 bits per heavy atom. The Hall–Kier alpha value is -1.70. The third kappa shape index (κ3) is 3.01. The Morgan fingerprint density at radius 1 is 1.26 bits per heavy atom. The van der Waals surface area contributed by atoms with Crippen LogP contribution < -0.4 is 9.88 Å². The summed E-state index contributed by atoms with van der Waals surface area (Å²) in [5.74, 6) is 0.549. The summed E-state index contributed by atoms with van der Waals surface area (Å²) in [6.45, 7) is 0.813. The van der Waals surface area contributed by atoms with E-state index in [-0.39, 0.29) is 4.90 Å². The standard InChI is InChI=1S/C12H14N2O4S/c1-17-7-8-18-10-4-5-11(19(13,15)16)12-9(10)3-2-6-14-12/h2-6H,7-8H2,1H3,(H2,13,15,16). The van der Waals surface area contributed by atoms with Gasteiger partial charge >= 0.3 is 0 Å². The van der Waals surface area contributed by atoms with Crippen molar-refractivity contribution in [1.82, 2.24) is 4.98 Å². The van der Waals surface area contributed by atoms with Gasteiger partial charge in [0.15, 0.2) is 0 Å². The van der Waals surface area contributed by atoms with Crippen molar-refractivity contribution in [3.05, 3.63) is 30.5 Å². The van der Waals surface area contributed by atoms with Crippen LogP contribution in [0.5, 0.6) is 5.75 Å². The molecule has 2 rings (SSSR count). The predicted molar refractivity (Wildman–Crippen MR) is 70.5 cm³/mol. The largest absolute Gasteiger partial charge is 0.490 e. The zero-order valence-electron chi connectivity index (χ0n) is 10.4. The minimum atomic E-state index is -3.81. The van der Waals surface area contributed by atoms with E-state index in [4.69, 9.17) is 14.6 Å². The monoisotopic (exact) mass is 282 g/mol. The summed E-state index contributed by atoms with van der Waals surface area (Å²) in [5, 5.41) is 5.77. The molecule has 0 atom stereocenters. The van der Waals surface area contributed by atoms with E-state index < -0.39 is 10.0 Å². The SMILES string of the molecule is COCCOc1ccc(S(N)(=O)=O)c2ncccc12. The van der Waals surface area contributed by atoms with Crippen LogP contribution in [0.4, 0.5) is 0 Å². The molecule has 0 amide bonds. The maximum absolute atomic E-state index is 11.5. The van der Waals surface area contributed by atoms with Crippen molar-refractivity contribution in [1.29, 1.82) is 0 Å². The first kappa shape index (κ1) is 13.7. The van der Waals surface area contributed by atoms with Crippen molar-refractivity contribution in [2.45, 2.75) is 4.90 Å². The van der Waals surface area contributed by atoms with Crippen LogP contribution in [0.25, 0.3) is 10.9 Å². The molecule has 102 valence electrons. The molecule has 0 aliphatic rings. The summed E-state index contributed by atoms with van der Waals surface area (Å²) in [7, 11) is -2.24. The van der Waals surface area contributed by atoms with E-state index >= 15 is 0 Å². The van der Waals surface area contributed by atoms with E-state index in [0.717, 1.165) is 0 Å². The van der Waals surface area contributed by atoms with Crippen LogP contribution in [0.2, 0.25) is 0 Å². The second-order valence-electron chi connectivity index (χ2n) is 3.85. The molecule has 1 heterocycles. The molecule has 0 radical (unpaired) electrons. The van der Waals surface area contributed by atoms with Crippen LogP contribution in [0.3, 0.4) is 0 Å². The summed E-state index contributed by atoms with van der Waals surface area (Å²) < 4.78 is 33.4. The molecule has 19 heavy (non-hydrogen) atoms. The molecule has 1 aromatic carbocycles. The number of hydrogen-bond donors (Lipinski definition) is 1. The average molecular weight is 282 g/mol. The quantitative estimate of drug-likeness (QED) is 0.823. The Bertz CT molecular complexity index is 685. The van der Waals surface area contributed by atoms with Crippen LogP contribution in [-0.2, 0) is 14.8 Å². The van der Waals surface area contributed by atoms with Crippen molar-refractivity contribution in [2.24, 2.45) is 5.14 Å². The lowest BCUT2D eigenvalue weighted by atomic mass is 10.2. The van der Waals surface area contributed by atoms with Gasteiger partial charge in [0.05, 0.1) is 12.1 Å². The summed E-state index contributed by atoms with van der Waals surface area (Å²) in [5.41, 5.74) is 0.305. The van der Waals surface area contributed by atoms with E-state index in [1.54, 1.807) is 25.3 Å².